The second-order valence-corrected chi connectivity index (χ2v) is 16.7. The number of aliphatic hydroxyl groups is 1. The molecule has 316 valence electrons. The van der Waals surface area contributed by atoms with Crippen molar-refractivity contribution >= 4 is 11.9 Å². The maximum absolute atomic E-state index is 12.7. The maximum Gasteiger partial charge on any atom is 0.306 e. The molecular formula is C47H93NO5. The average Bonchev–Trinajstić information content (AvgIpc) is 3.13. The molecule has 0 aromatic rings. The fraction of sp³-hybridized carbons (Fsp3) is 0.957. The molecule has 0 aliphatic carbocycles. The van der Waals surface area contributed by atoms with E-state index in [4.69, 9.17) is 9.47 Å². The third kappa shape index (κ3) is 35.0. The van der Waals surface area contributed by atoms with Crippen LogP contribution < -0.4 is 0 Å². The molecule has 6 heteroatoms. The molecule has 0 fully saturated rings. The Morgan fingerprint density at radius 1 is 0.491 bits per heavy atom. The van der Waals surface area contributed by atoms with Gasteiger partial charge in [0.2, 0.25) is 0 Å². The van der Waals surface area contributed by atoms with Crippen molar-refractivity contribution in [1.82, 2.24) is 4.90 Å². The van der Waals surface area contributed by atoms with E-state index in [9.17, 15) is 14.7 Å². The summed E-state index contributed by atoms with van der Waals surface area (Å²) in [6.07, 6.45) is 38.7. The summed E-state index contributed by atoms with van der Waals surface area (Å²) < 4.78 is 12.0. The zero-order valence-corrected chi connectivity index (χ0v) is 36.5. The van der Waals surface area contributed by atoms with Gasteiger partial charge in [0.1, 0.15) is 11.7 Å². The van der Waals surface area contributed by atoms with E-state index in [0.29, 0.717) is 12.8 Å². The molecule has 0 heterocycles. The van der Waals surface area contributed by atoms with Crippen LogP contribution in [0.1, 0.15) is 253 Å². The van der Waals surface area contributed by atoms with E-state index in [1.54, 1.807) is 0 Å². The Balaban J connectivity index is 4.14. The first-order valence-electron chi connectivity index (χ1n) is 23.6. The Hall–Kier alpha value is -1.14. The summed E-state index contributed by atoms with van der Waals surface area (Å²) in [5.41, 5.74) is -0.300. The van der Waals surface area contributed by atoms with Crippen LogP contribution >= 0.6 is 0 Å². The minimum atomic E-state index is -0.300. The van der Waals surface area contributed by atoms with E-state index < -0.39 is 0 Å². The van der Waals surface area contributed by atoms with Crippen LogP contribution in [0.5, 0.6) is 0 Å². The van der Waals surface area contributed by atoms with E-state index in [1.807, 2.05) is 0 Å². The molecule has 0 saturated heterocycles. The van der Waals surface area contributed by atoms with Gasteiger partial charge < -0.3 is 19.5 Å². The number of aliphatic hydroxyl groups excluding tert-OH is 1. The van der Waals surface area contributed by atoms with Crippen LogP contribution in [0.2, 0.25) is 0 Å². The molecule has 0 spiro atoms. The van der Waals surface area contributed by atoms with Crippen LogP contribution in [0, 0.1) is 0 Å². The van der Waals surface area contributed by atoms with Gasteiger partial charge in [0, 0.05) is 19.4 Å². The molecular weight excluding hydrogens is 659 g/mol. The van der Waals surface area contributed by atoms with Gasteiger partial charge in [0.05, 0.1) is 6.61 Å². The highest BCUT2D eigenvalue weighted by molar-refractivity contribution is 5.70. The highest BCUT2D eigenvalue weighted by atomic mass is 16.6. The van der Waals surface area contributed by atoms with E-state index in [-0.39, 0.29) is 30.3 Å². The second kappa shape index (κ2) is 39.1. The van der Waals surface area contributed by atoms with Crippen LogP contribution in [0.3, 0.4) is 0 Å². The first-order valence-corrected chi connectivity index (χ1v) is 23.6. The highest BCUT2D eigenvalue weighted by Crippen LogP contribution is 2.26. The molecule has 0 amide bonds. The fourth-order valence-corrected chi connectivity index (χ4v) is 7.74. The third-order valence-corrected chi connectivity index (χ3v) is 11.1. The molecule has 0 bridgehead atoms. The highest BCUT2D eigenvalue weighted by Gasteiger charge is 2.27. The number of rotatable bonds is 42. The van der Waals surface area contributed by atoms with E-state index in [0.717, 1.165) is 116 Å². The van der Waals surface area contributed by atoms with E-state index in [2.05, 4.69) is 39.5 Å². The van der Waals surface area contributed by atoms with Crippen molar-refractivity contribution in [2.24, 2.45) is 0 Å². The molecule has 0 aromatic heterocycles. The molecule has 1 atom stereocenters. The number of hydrogen-bond acceptors (Lipinski definition) is 6. The predicted octanol–water partition coefficient (Wildman–Crippen LogP) is 13.8. The maximum atomic E-state index is 12.7. The lowest BCUT2D eigenvalue weighted by Gasteiger charge is -2.29. The largest absolute Gasteiger partial charge is 0.462 e. The normalized spacial score (nSPS) is 12.8. The second-order valence-electron chi connectivity index (χ2n) is 16.7. The van der Waals surface area contributed by atoms with Gasteiger partial charge in [-0.25, -0.2) is 0 Å². The number of esters is 2. The van der Waals surface area contributed by atoms with Crippen molar-refractivity contribution in [2.75, 3.05) is 26.2 Å². The third-order valence-electron chi connectivity index (χ3n) is 11.1. The lowest BCUT2D eigenvalue weighted by molar-refractivity contribution is -0.160. The summed E-state index contributed by atoms with van der Waals surface area (Å²) in [6, 6.07) is 0. The van der Waals surface area contributed by atoms with E-state index >= 15 is 0 Å². The number of ether oxygens (including phenoxy) is 2. The summed E-state index contributed by atoms with van der Waals surface area (Å²) in [6.45, 7) is 14.1. The summed E-state index contributed by atoms with van der Waals surface area (Å²) in [5, 5.41) is 9.60. The molecule has 1 N–H and O–H groups in total. The molecule has 0 saturated carbocycles. The van der Waals surface area contributed by atoms with Crippen LogP contribution in [0.15, 0.2) is 0 Å². The summed E-state index contributed by atoms with van der Waals surface area (Å²) >= 11 is 0. The van der Waals surface area contributed by atoms with Crippen molar-refractivity contribution in [3.05, 3.63) is 0 Å². The van der Waals surface area contributed by atoms with Gasteiger partial charge in [-0.3, -0.25) is 9.59 Å². The molecule has 0 rings (SSSR count). The standard InChI is InChI=1S/C47H93NO5/c1-6-10-13-16-20-27-34-44(35-28-21-17-14-11-7-2)52-45(50)36-29-22-18-25-32-40-48(42-43-49)41-33-26-19-23-30-37-46(51)53-47(5,38-9-4)39-31-24-15-12-8-3/h44,49H,6-43H2,1-5H3. The number of carbonyl (C=O) groups excluding carboxylic acids is 2. The first kappa shape index (κ1) is 51.9. The van der Waals surface area contributed by atoms with Gasteiger partial charge >= 0.3 is 11.9 Å². The topological polar surface area (TPSA) is 76.1 Å². The number of carbonyl (C=O) groups is 2. The van der Waals surface area contributed by atoms with Gasteiger partial charge in [-0.15, -0.1) is 0 Å². The Bertz CT molecular complexity index is 775. The minimum absolute atomic E-state index is 0.0134. The van der Waals surface area contributed by atoms with Gasteiger partial charge in [-0.05, 0) is 90.6 Å². The SMILES string of the molecule is CCCCCCCCC(CCCCCCCC)OC(=O)CCCCCCCN(CCO)CCCCCCCC(=O)OC(C)(CCC)CCCCCCC. The van der Waals surface area contributed by atoms with Gasteiger partial charge in [0.15, 0.2) is 0 Å². The van der Waals surface area contributed by atoms with Crippen molar-refractivity contribution in [3.8, 4) is 0 Å². The smallest absolute Gasteiger partial charge is 0.306 e. The summed E-state index contributed by atoms with van der Waals surface area (Å²) in [7, 11) is 0. The van der Waals surface area contributed by atoms with Crippen molar-refractivity contribution in [3.63, 3.8) is 0 Å². The fourth-order valence-electron chi connectivity index (χ4n) is 7.74. The lowest BCUT2D eigenvalue weighted by atomic mass is 9.92. The Morgan fingerprint density at radius 2 is 0.906 bits per heavy atom. The van der Waals surface area contributed by atoms with Crippen LogP contribution in [-0.4, -0.2) is 59.9 Å². The first-order chi connectivity index (χ1) is 25.8. The summed E-state index contributed by atoms with van der Waals surface area (Å²) in [5.74, 6) is -0.00529. The van der Waals surface area contributed by atoms with Crippen LogP contribution in [-0.2, 0) is 19.1 Å². The van der Waals surface area contributed by atoms with Crippen LogP contribution in [0.4, 0.5) is 0 Å². The molecule has 0 radical (unpaired) electrons. The zero-order chi connectivity index (χ0) is 39.1. The van der Waals surface area contributed by atoms with E-state index in [1.165, 1.54) is 109 Å². The van der Waals surface area contributed by atoms with Gasteiger partial charge in [0.25, 0.3) is 0 Å². The monoisotopic (exact) mass is 752 g/mol. The molecule has 53 heavy (non-hydrogen) atoms. The molecule has 0 aliphatic rings. The Kier molecular flexibility index (Phi) is 38.3. The Morgan fingerprint density at radius 3 is 1.38 bits per heavy atom. The predicted molar refractivity (Wildman–Crippen MR) is 228 cm³/mol. The number of unbranched alkanes of at least 4 members (excludes halogenated alkanes) is 22. The number of nitrogens with zero attached hydrogens (tertiary/aromatic N) is 1. The van der Waals surface area contributed by atoms with Crippen molar-refractivity contribution in [1.29, 1.82) is 0 Å². The average molecular weight is 752 g/mol. The van der Waals surface area contributed by atoms with Gasteiger partial charge in [-0.1, -0.05) is 163 Å². The Labute approximate surface area is 331 Å². The lowest BCUT2D eigenvalue weighted by Crippen LogP contribution is -2.31. The number of hydrogen-bond donors (Lipinski definition) is 1. The summed E-state index contributed by atoms with van der Waals surface area (Å²) in [4.78, 5) is 27.7. The minimum Gasteiger partial charge on any atom is -0.462 e. The molecule has 1 unspecified atom stereocenters. The van der Waals surface area contributed by atoms with Gasteiger partial charge in [-0.2, -0.15) is 0 Å². The quantitative estimate of drug-likeness (QED) is 0.0494. The molecule has 6 nitrogen and oxygen atoms in total. The van der Waals surface area contributed by atoms with Crippen molar-refractivity contribution in [2.45, 2.75) is 265 Å². The van der Waals surface area contributed by atoms with Crippen LogP contribution in [0.25, 0.3) is 0 Å². The molecule has 0 aliphatic heterocycles. The van der Waals surface area contributed by atoms with Crippen molar-refractivity contribution < 1.29 is 24.2 Å². The molecule has 0 aromatic carbocycles. The zero-order valence-electron chi connectivity index (χ0n) is 36.5.